The minimum Gasteiger partial charge on any atom is -0.329 e. The van der Waals surface area contributed by atoms with Crippen LogP contribution in [0.4, 0.5) is 4.39 Å². The van der Waals surface area contributed by atoms with Gasteiger partial charge in [-0.05, 0) is 50.7 Å². The van der Waals surface area contributed by atoms with Crippen LogP contribution in [0.3, 0.4) is 0 Å². The van der Waals surface area contributed by atoms with Crippen LogP contribution < -0.4 is 5.73 Å². The average molecular weight is 358 g/mol. The van der Waals surface area contributed by atoms with Crippen molar-refractivity contribution in [1.82, 2.24) is 9.80 Å². The van der Waals surface area contributed by atoms with Crippen LogP contribution in [0, 0.1) is 5.82 Å². The highest BCUT2D eigenvalue weighted by atomic mass is 79.9. The number of halogens is 2. The van der Waals surface area contributed by atoms with E-state index in [-0.39, 0.29) is 11.9 Å². The zero-order valence-electron chi connectivity index (χ0n) is 12.9. The molecule has 1 aliphatic heterocycles. The average Bonchev–Trinajstić information content (AvgIpc) is 2.89. The highest BCUT2D eigenvalue weighted by Gasteiger charge is 2.27. The van der Waals surface area contributed by atoms with Crippen molar-refractivity contribution >= 4 is 15.9 Å². The summed E-state index contributed by atoms with van der Waals surface area (Å²) in [7, 11) is 2.11. The first-order chi connectivity index (χ1) is 10.1. The van der Waals surface area contributed by atoms with Gasteiger partial charge >= 0.3 is 0 Å². The molecule has 1 aromatic rings. The third-order valence-electron chi connectivity index (χ3n) is 4.48. The summed E-state index contributed by atoms with van der Waals surface area (Å²) in [6, 6.07) is 5.57. The Balaban J connectivity index is 2.09. The van der Waals surface area contributed by atoms with Crippen LogP contribution in [0.25, 0.3) is 0 Å². The van der Waals surface area contributed by atoms with Crippen molar-refractivity contribution < 1.29 is 4.39 Å². The summed E-state index contributed by atoms with van der Waals surface area (Å²) in [5, 5.41) is 0. The molecule has 2 rings (SSSR count). The lowest BCUT2D eigenvalue weighted by Crippen LogP contribution is -2.41. The molecule has 1 aliphatic rings. The molecule has 21 heavy (non-hydrogen) atoms. The lowest BCUT2D eigenvalue weighted by atomic mass is 10.0. The predicted octanol–water partition coefficient (Wildman–Crippen LogP) is 3.00. The van der Waals surface area contributed by atoms with Crippen LogP contribution in [0.2, 0.25) is 0 Å². The molecule has 1 fully saturated rings. The Labute approximate surface area is 135 Å². The Morgan fingerprint density at radius 3 is 2.90 bits per heavy atom. The molecule has 2 N–H and O–H groups in total. The summed E-state index contributed by atoms with van der Waals surface area (Å²) in [6.07, 6.45) is 2.53. The van der Waals surface area contributed by atoms with E-state index in [0.29, 0.717) is 12.6 Å². The fourth-order valence-electron chi connectivity index (χ4n) is 3.29. The molecule has 0 radical (unpaired) electrons. The van der Waals surface area contributed by atoms with Crippen molar-refractivity contribution in [1.29, 1.82) is 0 Å². The number of hydrogen-bond donors (Lipinski definition) is 1. The second-order valence-electron chi connectivity index (χ2n) is 5.78. The topological polar surface area (TPSA) is 32.5 Å². The molecule has 0 amide bonds. The molecule has 0 spiro atoms. The Hall–Kier alpha value is -0.490. The van der Waals surface area contributed by atoms with Gasteiger partial charge in [0.05, 0.1) is 0 Å². The van der Waals surface area contributed by atoms with Crippen molar-refractivity contribution in [3.05, 3.63) is 34.1 Å². The van der Waals surface area contributed by atoms with Crippen LogP contribution in [0.1, 0.15) is 31.4 Å². The lowest BCUT2D eigenvalue weighted by Gasteiger charge is -2.33. The molecule has 118 valence electrons. The maximum absolute atomic E-state index is 13.3. The molecule has 3 nitrogen and oxygen atoms in total. The van der Waals surface area contributed by atoms with Crippen molar-refractivity contribution in [2.24, 2.45) is 5.73 Å². The van der Waals surface area contributed by atoms with Gasteiger partial charge < -0.3 is 5.73 Å². The fourth-order valence-corrected chi connectivity index (χ4v) is 3.91. The molecule has 1 saturated heterocycles. The summed E-state index contributed by atoms with van der Waals surface area (Å²) >= 11 is 3.46. The highest BCUT2D eigenvalue weighted by molar-refractivity contribution is 9.10. The Bertz CT molecular complexity index is 469. The summed E-state index contributed by atoms with van der Waals surface area (Å²) in [6.45, 7) is 6.04. The standard InChI is InChI=1S/C16H25BrFN3/c1-3-21-8-4-5-13(21)11-20(2)16(10-19)14-7-6-12(18)9-15(14)17/h6-7,9,13,16H,3-5,8,10-11,19H2,1-2H3. The Kier molecular flexibility index (Phi) is 6.17. The van der Waals surface area contributed by atoms with Gasteiger partial charge in [-0.25, -0.2) is 4.39 Å². The zero-order valence-corrected chi connectivity index (χ0v) is 14.4. The van der Waals surface area contributed by atoms with Gasteiger partial charge in [0.15, 0.2) is 0 Å². The summed E-state index contributed by atoms with van der Waals surface area (Å²) < 4.78 is 14.1. The smallest absolute Gasteiger partial charge is 0.124 e. The Morgan fingerprint density at radius 1 is 1.52 bits per heavy atom. The highest BCUT2D eigenvalue weighted by Crippen LogP contribution is 2.28. The SMILES string of the molecule is CCN1CCCC1CN(C)C(CN)c1ccc(F)cc1Br. The number of likely N-dealkylation sites (tertiary alicyclic amines) is 1. The van der Waals surface area contributed by atoms with Gasteiger partial charge in [-0.2, -0.15) is 0 Å². The maximum Gasteiger partial charge on any atom is 0.124 e. The molecule has 0 aromatic heterocycles. The molecule has 0 bridgehead atoms. The lowest BCUT2D eigenvalue weighted by molar-refractivity contribution is 0.165. The van der Waals surface area contributed by atoms with E-state index in [1.165, 1.54) is 31.5 Å². The molecule has 1 aromatic carbocycles. The second-order valence-corrected chi connectivity index (χ2v) is 6.64. The van der Waals surface area contributed by atoms with Gasteiger partial charge in [-0.1, -0.05) is 28.9 Å². The van der Waals surface area contributed by atoms with Crippen LogP contribution in [0.15, 0.2) is 22.7 Å². The molecular weight excluding hydrogens is 333 g/mol. The normalized spacial score (nSPS) is 21.1. The molecule has 0 saturated carbocycles. The number of benzene rings is 1. The molecule has 2 unspecified atom stereocenters. The summed E-state index contributed by atoms with van der Waals surface area (Å²) in [5.74, 6) is -0.225. The number of likely N-dealkylation sites (N-methyl/N-ethyl adjacent to an activating group) is 2. The number of rotatable bonds is 6. The van der Waals surface area contributed by atoms with Crippen LogP contribution in [-0.2, 0) is 0 Å². The quantitative estimate of drug-likeness (QED) is 0.849. The molecule has 1 heterocycles. The monoisotopic (exact) mass is 357 g/mol. The molecule has 5 heteroatoms. The van der Waals surface area contributed by atoms with Crippen molar-refractivity contribution in [2.45, 2.75) is 31.8 Å². The van der Waals surface area contributed by atoms with Crippen molar-refractivity contribution in [3.63, 3.8) is 0 Å². The van der Waals surface area contributed by atoms with Gasteiger partial charge in [-0.3, -0.25) is 9.80 Å². The first-order valence-corrected chi connectivity index (χ1v) is 8.45. The van der Waals surface area contributed by atoms with E-state index in [2.05, 4.69) is 39.7 Å². The first-order valence-electron chi connectivity index (χ1n) is 7.66. The number of nitrogens with two attached hydrogens (primary N) is 1. The second kappa shape index (κ2) is 7.68. The first kappa shape index (κ1) is 16.9. The zero-order chi connectivity index (χ0) is 15.4. The van der Waals surface area contributed by atoms with Crippen molar-refractivity contribution in [2.75, 3.05) is 33.2 Å². The van der Waals surface area contributed by atoms with Gasteiger partial charge in [0.25, 0.3) is 0 Å². The minimum absolute atomic E-state index is 0.110. The summed E-state index contributed by atoms with van der Waals surface area (Å²) in [5.41, 5.74) is 7.04. The minimum atomic E-state index is -0.225. The van der Waals surface area contributed by atoms with E-state index in [1.807, 2.05) is 6.07 Å². The molecule has 0 aliphatic carbocycles. The van der Waals surface area contributed by atoms with Gasteiger partial charge in [0, 0.05) is 29.6 Å². The van der Waals surface area contributed by atoms with E-state index >= 15 is 0 Å². The van der Waals surface area contributed by atoms with Crippen LogP contribution >= 0.6 is 15.9 Å². The fraction of sp³-hybridized carbons (Fsp3) is 0.625. The third-order valence-corrected chi connectivity index (χ3v) is 5.17. The predicted molar refractivity (Wildman–Crippen MR) is 88.8 cm³/mol. The maximum atomic E-state index is 13.3. The Morgan fingerprint density at radius 2 is 2.29 bits per heavy atom. The van der Waals surface area contributed by atoms with Gasteiger partial charge in [0.1, 0.15) is 5.82 Å². The van der Waals surface area contributed by atoms with E-state index < -0.39 is 0 Å². The number of nitrogens with zero attached hydrogens (tertiary/aromatic N) is 2. The van der Waals surface area contributed by atoms with E-state index in [0.717, 1.165) is 23.1 Å². The van der Waals surface area contributed by atoms with Gasteiger partial charge in [0.2, 0.25) is 0 Å². The van der Waals surface area contributed by atoms with E-state index in [9.17, 15) is 4.39 Å². The van der Waals surface area contributed by atoms with Gasteiger partial charge in [-0.15, -0.1) is 0 Å². The van der Waals surface area contributed by atoms with E-state index in [4.69, 9.17) is 5.73 Å². The third kappa shape index (κ3) is 4.03. The van der Waals surface area contributed by atoms with Crippen LogP contribution in [-0.4, -0.2) is 49.1 Å². The molecular formula is C16H25BrFN3. The molecule has 2 atom stereocenters. The van der Waals surface area contributed by atoms with Crippen molar-refractivity contribution in [3.8, 4) is 0 Å². The summed E-state index contributed by atoms with van der Waals surface area (Å²) in [4.78, 5) is 4.83. The van der Waals surface area contributed by atoms with E-state index in [1.54, 1.807) is 0 Å². The van der Waals surface area contributed by atoms with Crippen LogP contribution in [0.5, 0.6) is 0 Å². The largest absolute Gasteiger partial charge is 0.329 e. The number of hydrogen-bond acceptors (Lipinski definition) is 3.